The Labute approximate surface area is 112 Å². The zero-order valence-electron chi connectivity index (χ0n) is 12.2. The molecule has 108 valence electrons. The molecule has 3 atom stereocenters. The van der Waals surface area contributed by atoms with Gasteiger partial charge in [-0.3, -0.25) is 0 Å². The quantitative estimate of drug-likeness (QED) is 0.646. The van der Waals surface area contributed by atoms with Gasteiger partial charge in [0.05, 0.1) is 0 Å². The minimum Gasteiger partial charge on any atom is -0.385 e. The lowest BCUT2D eigenvalue weighted by Gasteiger charge is -2.34. The van der Waals surface area contributed by atoms with Gasteiger partial charge in [0.2, 0.25) is 0 Å². The van der Waals surface area contributed by atoms with Crippen LogP contribution in [0.15, 0.2) is 0 Å². The third-order valence-corrected chi connectivity index (χ3v) is 4.12. The van der Waals surface area contributed by atoms with Gasteiger partial charge >= 0.3 is 0 Å². The van der Waals surface area contributed by atoms with E-state index in [9.17, 15) is 0 Å². The number of rotatable bonds is 9. The molecule has 1 aliphatic carbocycles. The van der Waals surface area contributed by atoms with Crippen molar-refractivity contribution >= 4 is 0 Å². The monoisotopic (exact) mass is 257 g/mol. The minimum absolute atomic E-state index is 0.403. The first-order chi connectivity index (χ1) is 8.77. The number of hydrogen-bond donors (Lipinski definition) is 1. The largest absolute Gasteiger partial charge is 0.385 e. The molecule has 3 nitrogen and oxygen atoms in total. The van der Waals surface area contributed by atoms with Crippen LogP contribution in [0.25, 0.3) is 0 Å². The predicted octanol–water partition coefficient (Wildman–Crippen LogP) is 2.97. The SMILES string of the molecule is CCCC1CCC(N)C(CCOCCCOC)C1. The third kappa shape index (κ3) is 6.17. The van der Waals surface area contributed by atoms with Crippen molar-refractivity contribution in [2.75, 3.05) is 26.9 Å². The van der Waals surface area contributed by atoms with E-state index in [4.69, 9.17) is 15.2 Å². The third-order valence-electron chi connectivity index (χ3n) is 4.12. The van der Waals surface area contributed by atoms with E-state index in [1.165, 1.54) is 32.1 Å². The fourth-order valence-corrected chi connectivity index (χ4v) is 3.03. The molecule has 0 amide bonds. The van der Waals surface area contributed by atoms with Crippen molar-refractivity contribution < 1.29 is 9.47 Å². The van der Waals surface area contributed by atoms with Gasteiger partial charge in [-0.1, -0.05) is 19.8 Å². The van der Waals surface area contributed by atoms with Gasteiger partial charge < -0.3 is 15.2 Å². The normalized spacial score (nSPS) is 28.5. The molecule has 1 rings (SSSR count). The van der Waals surface area contributed by atoms with Crippen molar-refractivity contribution in [1.82, 2.24) is 0 Å². The summed E-state index contributed by atoms with van der Waals surface area (Å²) >= 11 is 0. The van der Waals surface area contributed by atoms with E-state index in [1.54, 1.807) is 7.11 Å². The average Bonchev–Trinajstić information content (AvgIpc) is 2.37. The Kier molecular flexibility index (Phi) is 8.64. The summed E-state index contributed by atoms with van der Waals surface area (Å²) in [5.74, 6) is 1.59. The van der Waals surface area contributed by atoms with Gasteiger partial charge in [-0.05, 0) is 43.9 Å². The Hall–Kier alpha value is -0.120. The van der Waals surface area contributed by atoms with E-state index in [-0.39, 0.29) is 0 Å². The van der Waals surface area contributed by atoms with E-state index in [2.05, 4.69) is 6.92 Å². The molecule has 0 radical (unpaired) electrons. The van der Waals surface area contributed by atoms with Gasteiger partial charge in [0.1, 0.15) is 0 Å². The molecule has 0 aliphatic heterocycles. The van der Waals surface area contributed by atoms with Gasteiger partial charge in [0.25, 0.3) is 0 Å². The Morgan fingerprint density at radius 1 is 1.11 bits per heavy atom. The number of hydrogen-bond acceptors (Lipinski definition) is 3. The molecule has 0 bridgehead atoms. The Morgan fingerprint density at radius 3 is 2.67 bits per heavy atom. The maximum Gasteiger partial charge on any atom is 0.0487 e. The van der Waals surface area contributed by atoms with Gasteiger partial charge in [-0.15, -0.1) is 0 Å². The van der Waals surface area contributed by atoms with Gasteiger partial charge in [0, 0.05) is 33.0 Å². The minimum atomic E-state index is 0.403. The van der Waals surface area contributed by atoms with E-state index >= 15 is 0 Å². The van der Waals surface area contributed by atoms with Crippen LogP contribution in [-0.2, 0) is 9.47 Å². The summed E-state index contributed by atoms with van der Waals surface area (Å²) in [5, 5.41) is 0. The second-order valence-electron chi connectivity index (χ2n) is 5.64. The highest BCUT2D eigenvalue weighted by atomic mass is 16.5. The van der Waals surface area contributed by atoms with Gasteiger partial charge in [0.15, 0.2) is 0 Å². The molecule has 0 spiro atoms. The standard InChI is InChI=1S/C15H31NO2/c1-3-5-13-6-7-15(16)14(12-13)8-11-18-10-4-9-17-2/h13-15H,3-12,16H2,1-2H3. The van der Waals surface area contributed by atoms with Crippen LogP contribution in [0.2, 0.25) is 0 Å². The summed E-state index contributed by atoms with van der Waals surface area (Å²) in [6.45, 7) is 4.75. The molecule has 1 aliphatic rings. The Balaban J connectivity index is 2.10. The molecule has 3 heteroatoms. The van der Waals surface area contributed by atoms with Crippen LogP contribution < -0.4 is 5.73 Å². The van der Waals surface area contributed by atoms with E-state index in [1.807, 2.05) is 0 Å². The topological polar surface area (TPSA) is 44.5 Å². The Morgan fingerprint density at radius 2 is 1.94 bits per heavy atom. The molecule has 1 fully saturated rings. The lowest BCUT2D eigenvalue weighted by molar-refractivity contribution is 0.0823. The van der Waals surface area contributed by atoms with Crippen molar-refractivity contribution in [3.8, 4) is 0 Å². The first kappa shape index (κ1) is 15.9. The zero-order valence-corrected chi connectivity index (χ0v) is 12.2. The smallest absolute Gasteiger partial charge is 0.0487 e. The van der Waals surface area contributed by atoms with Crippen molar-refractivity contribution in [1.29, 1.82) is 0 Å². The Bertz CT molecular complexity index is 199. The highest BCUT2D eigenvalue weighted by molar-refractivity contribution is 4.82. The van der Waals surface area contributed by atoms with Crippen molar-refractivity contribution in [3.63, 3.8) is 0 Å². The van der Waals surface area contributed by atoms with Gasteiger partial charge in [-0.2, -0.15) is 0 Å². The van der Waals surface area contributed by atoms with Crippen molar-refractivity contribution in [2.24, 2.45) is 17.6 Å². The highest BCUT2D eigenvalue weighted by Crippen LogP contribution is 2.33. The molecule has 0 aromatic carbocycles. The van der Waals surface area contributed by atoms with Crippen LogP contribution in [0, 0.1) is 11.8 Å². The first-order valence-electron chi connectivity index (χ1n) is 7.60. The maximum absolute atomic E-state index is 6.22. The van der Waals surface area contributed by atoms with Crippen LogP contribution in [0.3, 0.4) is 0 Å². The molecule has 18 heavy (non-hydrogen) atoms. The van der Waals surface area contributed by atoms with Crippen molar-refractivity contribution in [3.05, 3.63) is 0 Å². The summed E-state index contributed by atoms with van der Waals surface area (Å²) in [7, 11) is 1.73. The van der Waals surface area contributed by atoms with Crippen LogP contribution in [0.1, 0.15) is 51.9 Å². The first-order valence-corrected chi connectivity index (χ1v) is 7.60. The second kappa shape index (κ2) is 9.76. The second-order valence-corrected chi connectivity index (χ2v) is 5.64. The van der Waals surface area contributed by atoms with E-state index in [0.717, 1.165) is 38.6 Å². The fraction of sp³-hybridized carbons (Fsp3) is 1.00. The van der Waals surface area contributed by atoms with E-state index in [0.29, 0.717) is 12.0 Å². The highest BCUT2D eigenvalue weighted by Gasteiger charge is 2.27. The molecule has 0 aromatic heterocycles. The van der Waals surface area contributed by atoms with E-state index < -0.39 is 0 Å². The average molecular weight is 257 g/mol. The number of ether oxygens (including phenoxy) is 2. The summed E-state index contributed by atoms with van der Waals surface area (Å²) in [6.07, 6.45) is 8.66. The molecular formula is C15H31NO2. The summed E-state index contributed by atoms with van der Waals surface area (Å²) in [4.78, 5) is 0. The number of methoxy groups -OCH3 is 1. The summed E-state index contributed by atoms with van der Waals surface area (Å²) in [5.41, 5.74) is 6.22. The molecule has 0 heterocycles. The molecule has 3 unspecified atom stereocenters. The summed E-state index contributed by atoms with van der Waals surface area (Å²) in [6, 6.07) is 0.403. The summed E-state index contributed by atoms with van der Waals surface area (Å²) < 4.78 is 10.6. The fourth-order valence-electron chi connectivity index (χ4n) is 3.03. The van der Waals surface area contributed by atoms with Crippen molar-refractivity contribution in [2.45, 2.75) is 57.9 Å². The van der Waals surface area contributed by atoms with Crippen LogP contribution in [0.4, 0.5) is 0 Å². The number of nitrogens with two attached hydrogens (primary N) is 1. The lowest BCUT2D eigenvalue weighted by Crippen LogP contribution is -2.36. The molecule has 2 N–H and O–H groups in total. The predicted molar refractivity (Wildman–Crippen MR) is 75.6 cm³/mol. The molecule has 1 saturated carbocycles. The molecule has 0 saturated heterocycles. The van der Waals surface area contributed by atoms with Crippen LogP contribution in [0.5, 0.6) is 0 Å². The van der Waals surface area contributed by atoms with Crippen LogP contribution >= 0.6 is 0 Å². The molecular weight excluding hydrogens is 226 g/mol. The van der Waals surface area contributed by atoms with Crippen LogP contribution in [-0.4, -0.2) is 33.0 Å². The molecule has 0 aromatic rings. The zero-order chi connectivity index (χ0) is 13.2. The van der Waals surface area contributed by atoms with Gasteiger partial charge in [-0.25, -0.2) is 0 Å². The maximum atomic E-state index is 6.22. The lowest BCUT2D eigenvalue weighted by atomic mass is 9.75.